The zero-order chi connectivity index (χ0) is 15.3. The monoisotopic (exact) mass is 298 g/mol. The van der Waals surface area contributed by atoms with Crippen molar-refractivity contribution in [2.75, 3.05) is 4.90 Å². The molecule has 0 saturated carbocycles. The lowest BCUT2D eigenvalue weighted by atomic mass is 10.1. The summed E-state index contributed by atoms with van der Waals surface area (Å²) in [6, 6.07) is 6.45. The van der Waals surface area contributed by atoms with Crippen LogP contribution in [0.2, 0.25) is 0 Å². The van der Waals surface area contributed by atoms with Gasteiger partial charge in [0.1, 0.15) is 11.5 Å². The third-order valence-electron chi connectivity index (χ3n) is 3.33. The van der Waals surface area contributed by atoms with Gasteiger partial charge in [-0.1, -0.05) is 24.3 Å². The molecule has 7 heteroatoms. The Morgan fingerprint density at radius 3 is 1.90 bits per heavy atom. The molecule has 1 N–H and O–H groups in total. The maximum Gasteiger partial charge on any atom is 0.200 e. The summed E-state index contributed by atoms with van der Waals surface area (Å²) in [5.41, 5.74) is -0.138. The molecule has 0 atom stereocenters. The van der Waals surface area contributed by atoms with Crippen LogP contribution >= 0.6 is 0 Å². The van der Waals surface area contributed by atoms with Crippen molar-refractivity contribution in [2.24, 2.45) is 0 Å². The van der Waals surface area contributed by atoms with E-state index in [9.17, 15) is 22.0 Å². The first-order valence-electron chi connectivity index (χ1n) is 5.89. The van der Waals surface area contributed by atoms with E-state index in [2.05, 4.69) is 0 Å². The Labute approximate surface area is 115 Å². The maximum absolute atomic E-state index is 13.8. The summed E-state index contributed by atoms with van der Waals surface area (Å²) >= 11 is 0. The quantitative estimate of drug-likeness (QED) is 0.485. The van der Waals surface area contributed by atoms with Crippen LogP contribution < -0.4 is 4.90 Å². The maximum atomic E-state index is 13.8. The molecule has 108 valence electrons. The van der Waals surface area contributed by atoms with Crippen molar-refractivity contribution < 1.29 is 22.0 Å². The van der Waals surface area contributed by atoms with E-state index in [1.807, 2.05) is 0 Å². The number of anilines is 1. The predicted molar refractivity (Wildman–Crippen MR) is 65.7 cm³/mol. The second kappa shape index (κ2) is 4.54. The number of fused-ring (bicyclic) bond motifs is 1. The molecule has 0 aromatic heterocycles. The summed E-state index contributed by atoms with van der Waals surface area (Å²) in [7, 11) is 0. The van der Waals surface area contributed by atoms with Gasteiger partial charge in [-0.3, -0.25) is 5.41 Å². The van der Waals surface area contributed by atoms with Gasteiger partial charge in [0.2, 0.25) is 5.82 Å². The van der Waals surface area contributed by atoms with Crippen molar-refractivity contribution in [1.29, 1.82) is 5.41 Å². The normalized spacial score (nSPS) is 13.8. The Kier molecular flexibility index (Phi) is 2.93. The Bertz CT molecular complexity index is 743. The summed E-state index contributed by atoms with van der Waals surface area (Å²) in [6.45, 7) is -0.132. The molecule has 21 heavy (non-hydrogen) atoms. The molecule has 0 radical (unpaired) electrons. The fourth-order valence-corrected chi connectivity index (χ4v) is 2.31. The first-order valence-corrected chi connectivity index (χ1v) is 5.89. The number of amidine groups is 1. The molecule has 0 fully saturated rings. The first-order chi connectivity index (χ1) is 9.93. The lowest BCUT2D eigenvalue weighted by Crippen LogP contribution is -2.26. The molecule has 0 spiro atoms. The van der Waals surface area contributed by atoms with Gasteiger partial charge in [-0.2, -0.15) is 0 Å². The van der Waals surface area contributed by atoms with Crippen molar-refractivity contribution in [3.05, 3.63) is 64.5 Å². The van der Waals surface area contributed by atoms with Gasteiger partial charge in [0, 0.05) is 5.56 Å². The van der Waals surface area contributed by atoms with Gasteiger partial charge in [0.15, 0.2) is 23.3 Å². The van der Waals surface area contributed by atoms with E-state index >= 15 is 0 Å². The molecule has 1 heterocycles. The number of benzene rings is 2. The van der Waals surface area contributed by atoms with Crippen LogP contribution in [0.15, 0.2) is 24.3 Å². The first kappa shape index (κ1) is 13.5. The van der Waals surface area contributed by atoms with Crippen molar-refractivity contribution in [1.82, 2.24) is 0 Å². The van der Waals surface area contributed by atoms with Crippen LogP contribution in [0, 0.1) is 34.5 Å². The molecular formula is C14H7F5N2. The predicted octanol–water partition coefficient (Wildman–Crippen LogP) is 3.73. The molecule has 3 rings (SSSR count). The van der Waals surface area contributed by atoms with E-state index in [1.54, 1.807) is 24.3 Å². The van der Waals surface area contributed by atoms with E-state index in [1.165, 1.54) is 0 Å². The van der Waals surface area contributed by atoms with Crippen molar-refractivity contribution in [2.45, 2.75) is 6.54 Å². The smallest absolute Gasteiger partial charge is 0.200 e. The van der Waals surface area contributed by atoms with Crippen LogP contribution in [-0.2, 0) is 6.54 Å². The molecule has 0 unspecified atom stereocenters. The lowest BCUT2D eigenvalue weighted by molar-refractivity contribution is 0.380. The third-order valence-corrected chi connectivity index (χ3v) is 3.33. The van der Waals surface area contributed by atoms with Gasteiger partial charge >= 0.3 is 0 Å². The van der Waals surface area contributed by atoms with E-state index in [-0.39, 0.29) is 12.4 Å². The average molecular weight is 298 g/mol. The Hall–Kier alpha value is -2.44. The molecule has 1 aliphatic heterocycles. The van der Waals surface area contributed by atoms with E-state index < -0.39 is 34.8 Å². The standard InChI is InChI=1S/C14H7F5N2/c15-8-9(16)11(18)13(12(19)10(8)17)21-5-6-3-1-2-4-7(6)14(21)20/h1-4,20H,5H2. The van der Waals surface area contributed by atoms with Gasteiger partial charge in [0.25, 0.3) is 0 Å². The summed E-state index contributed by atoms with van der Waals surface area (Å²) in [4.78, 5) is 0.765. The van der Waals surface area contributed by atoms with Crippen LogP contribution in [0.3, 0.4) is 0 Å². The molecule has 0 aliphatic carbocycles. The van der Waals surface area contributed by atoms with Gasteiger partial charge in [-0.05, 0) is 5.56 Å². The fraction of sp³-hybridized carbons (Fsp3) is 0.0714. The molecule has 0 saturated heterocycles. The number of hydrogen-bond acceptors (Lipinski definition) is 1. The second-order valence-electron chi connectivity index (χ2n) is 4.51. The molecule has 0 bridgehead atoms. The van der Waals surface area contributed by atoms with Gasteiger partial charge < -0.3 is 4.90 Å². The number of nitrogens with zero attached hydrogens (tertiary/aromatic N) is 1. The summed E-state index contributed by atoms with van der Waals surface area (Å²) < 4.78 is 67.1. The fourth-order valence-electron chi connectivity index (χ4n) is 2.31. The third kappa shape index (κ3) is 1.80. The van der Waals surface area contributed by atoms with Crippen LogP contribution in [0.1, 0.15) is 11.1 Å². The van der Waals surface area contributed by atoms with Gasteiger partial charge in [0.05, 0.1) is 6.54 Å². The Morgan fingerprint density at radius 2 is 1.33 bits per heavy atom. The van der Waals surface area contributed by atoms with Crippen LogP contribution in [0.4, 0.5) is 27.6 Å². The highest BCUT2D eigenvalue weighted by Crippen LogP contribution is 2.35. The topological polar surface area (TPSA) is 27.1 Å². The summed E-state index contributed by atoms with van der Waals surface area (Å²) in [5.74, 6) is -10.4. The van der Waals surface area contributed by atoms with Crippen LogP contribution in [-0.4, -0.2) is 5.84 Å². The zero-order valence-corrected chi connectivity index (χ0v) is 10.4. The van der Waals surface area contributed by atoms with E-state index in [4.69, 9.17) is 5.41 Å². The van der Waals surface area contributed by atoms with Crippen LogP contribution in [0.25, 0.3) is 0 Å². The largest absolute Gasteiger partial charge is 0.317 e. The minimum Gasteiger partial charge on any atom is -0.317 e. The lowest BCUT2D eigenvalue weighted by Gasteiger charge is -2.20. The molecule has 2 aromatic carbocycles. The van der Waals surface area contributed by atoms with E-state index in [0.29, 0.717) is 11.1 Å². The number of rotatable bonds is 1. The minimum absolute atomic E-state index is 0.132. The molecule has 2 aromatic rings. The molecular weight excluding hydrogens is 291 g/mol. The second-order valence-corrected chi connectivity index (χ2v) is 4.51. The van der Waals surface area contributed by atoms with Crippen LogP contribution in [0.5, 0.6) is 0 Å². The number of halogens is 5. The molecule has 1 aliphatic rings. The van der Waals surface area contributed by atoms with Crippen molar-refractivity contribution in [3.8, 4) is 0 Å². The van der Waals surface area contributed by atoms with E-state index in [0.717, 1.165) is 4.90 Å². The Balaban J connectivity index is 2.18. The van der Waals surface area contributed by atoms with Crippen molar-refractivity contribution in [3.63, 3.8) is 0 Å². The average Bonchev–Trinajstić information content (AvgIpc) is 2.81. The number of hydrogen-bond donors (Lipinski definition) is 1. The van der Waals surface area contributed by atoms with Crippen molar-refractivity contribution >= 4 is 11.5 Å². The molecule has 0 amide bonds. The zero-order valence-electron chi connectivity index (χ0n) is 10.4. The number of nitrogens with one attached hydrogen (secondary N) is 1. The molecule has 2 nitrogen and oxygen atoms in total. The SMILES string of the molecule is N=C1c2ccccc2CN1c1c(F)c(F)c(F)c(F)c1F. The highest BCUT2D eigenvalue weighted by Gasteiger charge is 2.34. The highest BCUT2D eigenvalue weighted by molar-refractivity contribution is 6.11. The summed E-state index contributed by atoms with van der Waals surface area (Å²) in [6.07, 6.45) is 0. The van der Waals surface area contributed by atoms with Gasteiger partial charge in [-0.25, -0.2) is 22.0 Å². The minimum atomic E-state index is -2.21. The summed E-state index contributed by atoms with van der Waals surface area (Å²) in [5, 5.41) is 7.87. The Morgan fingerprint density at radius 1 is 0.810 bits per heavy atom. The highest BCUT2D eigenvalue weighted by atomic mass is 19.2. The van der Waals surface area contributed by atoms with Gasteiger partial charge in [-0.15, -0.1) is 0 Å².